The van der Waals surface area contributed by atoms with E-state index in [2.05, 4.69) is 17.1 Å². The molecular weight excluding hydrogens is 467 g/mol. The highest BCUT2D eigenvalue weighted by molar-refractivity contribution is 14.0. The van der Waals surface area contributed by atoms with Crippen LogP contribution in [-0.2, 0) is 4.79 Å². The van der Waals surface area contributed by atoms with Gasteiger partial charge in [-0.25, -0.2) is 0 Å². The van der Waals surface area contributed by atoms with E-state index >= 15 is 0 Å². The van der Waals surface area contributed by atoms with Crippen molar-refractivity contribution in [2.45, 2.75) is 45.1 Å². The lowest BCUT2D eigenvalue weighted by molar-refractivity contribution is -0.127. The molecule has 2 fully saturated rings. The monoisotopic (exact) mass is 500 g/mol. The second-order valence-corrected chi connectivity index (χ2v) is 7.19. The molecule has 0 saturated carbocycles. The van der Waals surface area contributed by atoms with Gasteiger partial charge in [0, 0.05) is 58.5 Å². The zero-order chi connectivity index (χ0) is 18.9. The molecule has 0 aromatic heterocycles. The lowest BCUT2D eigenvalue weighted by Crippen LogP contribution is -2.47. The summed E-state index contributed by atoms with van der Waals surface area (Å²) in [6, 6.07) is 10.1. The third-order valence-corrected chi connectivity index (χ3v) is 5.14. The minimum atomic E-state index is 0. The molecule has 1 aromatic rings. The number of hydrogen-bond donors (Lipinski definition) is 1. The van der Waals surface area contributed by atoms with Crippen molar-refractivity contribution in [3.05, 3.63) is 30.3 Å². The van der Waals surface area contributed by atoms with Gasteiger partial charge in [-0.3, -0.25) is 9.79 Å². The molecule has 2 aliphatic rings. The van der Waals surface area contributed by atoms with E-state index in [4.69, 9.17) is 9.73 Å². The van der Waals surface area contributed by atoms with E-state index in [9.17, 15) is 4.79 Å². The summed E-state index contributed by atoms with van der Waals surface area (Å²) >= 11 is 0. The van der Waals surface area contributed by atoms with Gasteiger partial charge in [-0.15, -0.1) is 24.0 Å². The molecule has 0 atom stereocenters. The number of para-hydroxylation sites is 1. The van der Waals surface area contributed by atoms with Crippen molar-refractivity contribution in [3.8, 4) is 5.75 Å². The first-order chi connectivity index (χ1) is 13.3. The van der Waals surface area contributed by atoms with Crippen molar-refractivity contribution in [1.82, 2.24) is 15.1 Å². The van der Waals surface area contributed by atoms with Crippen LogP contribution in [0.2, 0.25) is 0 Å². The molecule has 2 heterocycles. The van der Waals surface area contributed by atoms with Gasteiger partial charge in [-0.2, -0.15) is 0 Å². The Labute approximate surface area is 185 Å². The first-order valence-corrected chi connectivity index (χ1v) is 10.3. The van der Waals surface area contributed by atoms with Crippen LogP contribution in [0.25, 0.3) is 0 Å². The quantitative estimate of drug-likeness (QED) is 0.271. The maximum absolute atomic E-state index is 11.7. The first kappa shape index (κ1) is 22.8. The molecule has 7 heteroatoms. The van der Waals surface area contributed by atoms with Gasteiger partial charge in [0.15, 0.2) is 5.96 Å². The second-order valence-electron chi connectivity index (χ2n) is 7.19. The molecule has 1 aromatic carbocycles. The van der Waals surface area contributed by atoms with Crippen LogP contribution in [0, 0.1) is 0 Å². The van der Waals surface area contributed by atoms with Gasteiger partial charge in [-0.1, -0.05) is 18.2 Å². The van der Waals surface area contributed by atoms with Gasteiger partial charge in [0.25, 0.3) is 0 Å². The summed E-state index contributed by atoms with van der Waals surface area (Å²) in [5, 5.41) is 3.41. The van der Waals surface area contributed by atoms with Gasteiger partial charge in [0.1, 0.15) is 11.9 Å². The maximum Gasteiger partial charge on any atom is 0.222 e. The number of carbonyl (C=O) groups excluding carboxylic acids is 1. The van der Waals surface area contributed by atoms with Crippen LogP contribution >= 0.6 is 24.0 Å². The highest BCUT2D eigenvalue weighted by Gasteiger charge is 2.23. The molecule has 2 aliphatic heterocycles. The fourth-order valence-electron chi connectivity index (χ4n) is 3.69. The number of nitrogens with one attached hydrogen (secondary N) is 1. The number of piperidine rings is 1. The van der Waals surface area contributed by atoms with E-state index in [1.807, 2.05) is 35.2 Å². The Morgan fingerprint density at radius 3 is 2.61 bits per heavy atom. The summed E-state index contributed by atoms with van der Waals surface area (Å²) in [4.78, 5) is 20.8. The number of amides is 1. The molecule has 0 unspecified atom stereocenters. The molecule has 6 nitrogen and oxygen atoms in total. The predicted octanol–water partition coefficient (Wildman–Crippen LogP) is 3.13. The number of nitrogens with zero attached hydrogens (tertiary/aromatic N) is 3. The average molecular weight is 500 g/mol. The average Bonchev–Trinajstić information content (AvgIpc) is 3.11. The van der Waals surface area contributed by atoms with Crippen LogP contribution in [0.1, 0.15) is 39.0 Å². The Morgan fingerprint density at radius 1 is 1.21 bits per heavy atom. The molecular formula is C21H33IN4O2. The summed E-state index contributed by atoms with van der Waals surface area (Å²) in [5.41, 5.74) is 0. The Balaban J connectivity index is 0.00000280. The van der Waals surface area contributed by atoms with Crippen molar-refractivity contribution in [3.63, 3.8) is 0 Å². The minimum Gasteiger partial charge on any atom is -0.490 e. The maximum atomic E-state index is 11.7. The van der Waals surface area contributed by atoms with Gasteiger partial charge in [-0.05, 0) is 31.9 Å². The van der Waals surface area contributed by atoms with Crippen LogP contribution in [0.5, 0.6) is 5.75 Å². The normalized spacial score (nSPS) is 18.2. The predicted molar refractivity (Wildman–Crippen MR) is 123 cm³/mol. The number of hydrogen-bond acceptors (Lipinski definition) is 3. The van der Waals surface area contributed by atoms with Crippen LogP contribution in [-0.4, -0.2) is 67.0 Å². The standard InChI is InChI=1S/C21H32N4O2.HI/c1-2-22-21(23-13-7-15-24-14-6-10-20(24)26)25-16-11-19(12-17-25)27-18-8-4-3-5-9-18;/h3-5,8-9,19H,2,6-7,10-17H2,1H3,(H,22,23);1H. The summed E-state index contributed by atoms with van der Waals surface area (Å²) in [6.45, 7) is 7.37. The van der Waals surface area contributed by atoms with Crippen LogP contribution < -0.4 is 10.1 Å². The van der Waals surface area contributed by atoms with Crippen LogP contribution in [0.3, 0.4) is 0 Å². The lowest BCUT2D eigenvalue weighted by Gasteiger charge is -2.34. The smallest absolute Gasteiger partial charge is 0.222 e. The summed E-state index contributed by atoms with van der Waals surface area (Å²) in [7, 11) is 0. The Hall–Kier alpha value is -1.51. The van der Waals surface area contributed by atoms with Crippen molar-refractivity contribution in [1.29, 1.82) is 0 Å². The number of guanidine groups is 1. The Bertz CT molecular complexity index is 618. The van der Waals surface area contributed by atoms with E-state index in [1.165, 1.54) is 0 Å². The number of rotatable bonds is 7. The van der Waals surface area contributed by atoms with Gasteiger partial charge < -0.3 is 19.9 Å². The summed E-state index contributed by atoms with van der Waals surface area (Å²) in [5.74, 6) is 2.24. The number of likely N-dealkylation sites (tertiary alicyclic amines) is 2. The van der Waals surface area contributed by atoms with E-state index in [-0.39, 0.29) is 30.1 Å². The Kier molecular flexibility index (Phi) is 9.87. The molecule has 0 bridgehead atoms. The molecule has 2 saturated heterocycles. The topological polar surface area (TPSA) is 57.2 Å². The third kappa shape index (κ3) is 6.83. The van der Waals surface area contributed by atoms with E-state index in [0.717, 1.165) is 76.7 Å². The first-order valence-electron chi connectivity index (χ1n) is 10.3. The van der Waals surface area contributed by atoms with E-state index < -0.39 is 0 Å². The number of ether oxygens (including phenoxy) is 1. The molecule has 156 valence electrons. The van der Waals surface area contributed by atoms with Crippen molar-refractivity contribution in [2.75, 3.05) is 39.3 Å². The molecule has 1 N–H and O–H groups in total. The zero-order valence-corrected chi connectivity index (χ0v) is 19.1. The summed E-state index contributed by atoms with van der Waals surface area (Å²) < 4.78 is 6.08. The van der Waals surface area contributed by atoms with E-state index in [1.54, 1.807) is 0 Å². The second kappa shape index (κ2) is 12.1. The van der Waals surface area contributed by atoms with Crippen molar-refractivity contribution < 1.29 is 9.53 Å². The zero-order valence-electron chi connectivity index (χ0n) is 16.8. The highest BCUT2D eigenvalue weighted by Crippen LogP contribution is 2.18. The molecule has 0 radical (unpaired) electrons. The number of aliphatic imine (C=N–C) groups is 1. The molecule has 1 amide bonds. The fourth-order valence-corrected chi connectivity index (χ4v) is 3.69. The highest BCUT2D eigenvalue weighted by atomic mass is 127. The third-order valence-electron chi connectivity index (χ3n) is 5.14. The lowest BCUT2D eigenvalue weighted by atomic mass is 10.1. The largest absolute Gasteiger partial charge is 0.490 e. The van der Waals surface area contributed by atoms with E-state index in [0.29, 0.717) is 12.3 Å². The SMILES string of the molecule is CCNC(=NCCCN1CCCC1=O)N1CCC(Oc2ccccc2)CC1.I. The number of halogens is 1. The molecule has 0 spiro atoms. The fraction of sp³-hybridized carbons (Fsp3) is 0.619. The van der Waals surface area contributed by atoms with Gasteiger partial charge >= 0.3 is 0 Å². The molecule has 0 aliphatic carbocycles. The Morgan fingerprint density at radius 2 is 1.96 bits per heavy atom. The molecule has 3 rings (SSSR count). The summed E-state index contributed by atoms with van der Waals surface area (Å²) in [6.07, 6.45) is 4.92. The van der Waals surface area contributed by atoms with Gasteiger partial charge in [0.2, 0.25) is 5.91 Å². The number of carbonyl (C=O) groups is 1. The van der Waals surface area contributed by atoms with Crippen molar-refractivity contribution >= 4 is 35.8 Å². The minimum absolute atomic E-state index is 0. The number of benzene rings is 1. The molecule has 28 heavy (non-hydrogen) atoms. The van der Waals surface area contributed by atoms with Crippen molar-refractivity contribution in [2.24, 2.45) is 4.99 Å². The van der Waals surface area contributed by atoms with Gasteiger partial charge in [0.05, 0.1) is 0 Å². The van der Waals surface area contributed by atoms with Crippen LogP contribution in [0.4, 0.5) is 0 Å². The van der Waals surface area contributed by atoms with Crippen LogP contribution in [0.15, 0.2) is 35.3 Å².